The number of carbonyl (C=O) groups excluding carboxylic acids is 1. The van der Waals surface area contributed by atoms with Gasteiger partial charge in [0, 0.05) is 31.7 Å². The van der Waals surface area contributed by atoms with Crippen LogP contribution < -0.4 is 10.4 Å². The minimum atomic E-state index is -0.801. The summed E-state index contributed by atoms with van der Waals surface area (Å²) in [6.45, 7) is 4.25. The number of anilines is 1. The van der Waals surface area contributed by atoms with Crippen molar-refractivity contribution in [3.05, 3.63) is 65.7 Å². The van der Waals surface area contributed by atoms with Gasteiger partial charge in [-0.25, -0.2) is 9.45 Å². The molecule has 2 N–H and O–H groups in total. The van der Waals surface area contributed by atoms with Gasteiger partial charge in [-0.05, 0) is 42.7 Å². The summed E-state index contributed by atoms with van der Waals surface area (Å²) in [6.07, 6.45) is 0.613. The molecule has 2 unspecified atom stereocenters. The zero-order valence-corrected chi connectivity index (χ0v) is 16.2. The van der Waals surface area contributed by atoms with Crippen LogP contribution in [0.5, 0.6) is 0 Å². The molecule has 2 atom stereocenters. The van der Waals surface area contributed by atoms with Gasteiger partial charge >= 0.3 is 0 Å². The number of hydrogen-bond acceptors (Lipinski definition) is 4. The van der Waals surface area contributed by atoms with E-state index in [-0.39, 0.29) is 11.9 Å². The third-order valence-corrected chi connectivity index (χ3v) is 5.06. The summed E-state index contributed by atoms with van der Waals surface area (Å²) >= 11 is 0. The molecule has 1 aliphatic heterocycles. The van der Waals surface area contributed by atoms with E-state index in [0.29, 0.717) is 43.9 Å². The number of likely N-dealkylation sites (tertiary alicyclic amines) is 1. The van der Waals surface area contributed by atoms with E-state index in [2.05, 4.69) is 5.32 Å². The van der Waals surface area contributed by atoms with Crippen molar-refractivity contribution >= 4 is 11.6 Å². The Morgan fingerprint density at radius 1 is 1.25 bits per heavy atom. The Bertz CT molecular complexity index is 754. The second-order valence-corrected chi connectivity index (χ2v) is 7.22. The Hall–Kier alpha value is -2.44. The van der Waals surface area contributed by atoms with E-state index in [4.69, 9.17) is 0 Å². The van der Waals surface area contributed by atoms with Gasteiger partial charge in [-0.1, -0.05) is 37.3 Å². The number of alkyl halides is 1. The Kier molecular flexibility index (Phi) is 7.01. The monoisotopic (exact) mass is 385 g/mol. The molecule has 0 aromatic heterocycles. The van der Waals surface area contributed by atoms with Crippen LogP contribution in [-0.2, 0) is 0 Å². The Labute approximate surface area is 165 Å². The van der Waals surface area contributed by atoms with Crippen molar-refractivity contribution in [2.75, 3.05) is 31.2 Å². The van der Waals surface area contributed by atoms with Gasteiger partial charge in [0.15, 0.2) is 0 Å². The van der Waals surface area contributed by atoms with E-state index >= 15 is 0 Å². The summed E-state index contributed by atoms with van der Waals surface area (Å²) < 4.78 is 13.6. The number of amides is 1. The molecule has 0 bridgehead atoms. The van der Waals surface area contributed by atoms with Gasteiger partial charge in [0.25, 0.3) is 5.91 Å². The topological polar surface area (TPSA) is 55.8 Å². The van der Waals surface area contributed by atoms with E-state index in [1.807, 2.05) is 42.2 Å². The zero-order chi connectivity index (χ0) is 19.9. The fraction of sp³-hybridized carbons (Fsp3) is 0.409. The molecule has 0 aliphatic carbocycles. The number of halogens is 1. The molecule has 1 aliphatic rings. The fourth-order valence-electron chi connectivity index (χ4n) is 3.48. The second-order valence-electron chi connectivity index (χ2n) is 7.22. The van der Waals surface area contributed by atoms with Gasteiger partial charge in [0.05, 0.1) is 11.7 Å². The maximum atomic E-state index is 13.6. The highest BCUT2D eigenvalue weighted by molar-refractivity contribution is 5.94. The lowest BCUT2D eigenvalue weighted by atomic mass is 10.0. The predicted molar refractivity (Wildman–Crippen MR) is 108 cm³/mol. The lowest BCUT2D eigenvalue weighted by Crippen LogP contribution is -2.36. The summed E-state index contributed by atoms with van der Waals surface area (Å²) in [5, 5.41) is 15.0. The van der Waals surface area contributed by atoms with Crippen molar-refractivity contribution in [1.82, 2.24) is 10.2 Å². The fourth-order valence-corrected chi connectivity index (χ4v) is 3.48. The third kappa shape index (κ3) is 5.09. The molecule has 150 valence electrons. The Morgan fingerprint density at radius 3 is 2.57 bits per heavy atom. The molecule has 5 nitrogen and oxygen atoms in total. The summed E-state index contributed by atoms with van der Waals surface area (Å²) in [5.74, 6) is -0.122. The van der Waals surface area contributed by atoms with E-state index in [1.54, 1.807) is 24.3 Å². The standard InChI is InChI=1S/C22H28FN3O2/c1-2-13-24-22(27)18-8-10-20(11-9-18)26(28)21(17-6-4-3-5-7-17)16-25-14-12-19(23)15-25/h3-11,19,21,28H,2,12-16H2,1H3,(H,24,27). The first kappa shape index (κ1) is 20.3. The van der Waals surface area contributed by atoms with Gasteiger partial charge in [-0.15, -0.1) is 0 Å². The molecule has 2 aromatic carbocycles. The van der Waals surface area contributed by atoms with Crippen molar-refractivity contribution in [2.45, 2.75) is 32.0 Å². The minimum absolute atomic E-state index is 0.122. The molecular formula is C22H28FN3O2. The van der Waals surface area contributed by atoms with Crippen LogP contribution in [0.1, 0.15) is 41.7 Å². The highest BCUT2D eigenvalue weighted by atomic mass is 19.1. The van der Waals surface area contributed by atoms with Gasteiger partial charge in [0.2, 0.25) is 0 Å². The van der Waals surface area contributed by atoms with Crippen LogP contribution in [0.25, 0.3) is 0 Å². The van der Waals surface area contributed by atoms with Crippen LogP contribution in [-0.4, -0.2) is 48.4 Å². The van der Waals surface area contributed by atoms with E-state index in [1.165, 1.54) is 5.06 Å². The first-order valence-corrected chi connectivity index (χ1v) is 9.86. The van der Waals surface area contributed by atoms with Crippen molar-refractivity contribution in [1.29, 1.82) is 0 Å². The van der Waals surface area contributed by atoms with Crippen LogP contribution in [0.2, 0.25) is 0 Å². The van der Waals surface area contributed by atoms with Gasteiger partial charge in [0.1, 0.15) is 6.17 Å². The number of nitrogens with one attached hydrogen (secondary N) is 1. The Morgan fingerprint density at radius 2 is 1.96 bits per heavy atom. The van der Waals surface area contributed by atoms with Gasteiger partial charge in [-0.3, -0.25) is 14.9 Å². The van der Waals surface area contributed by atoms with Crippen LogP contribution in [0.15, 0.2) is 54.6 Å². The first-order valence-electron chi connectivity index (χ1n) is 9.86. The molecule has 0 spiro atoms. The molecule has 2 aromatic rings. The number of hydrogen-bond donors (Lipinski definition) is 2. The molecule has 3 rings (SSSR count). The lowest BCUT2D eigenvalue weighted by molar-refractivity contribution is 0.0953. The molecule has 1 fully saturated rings. The van der Waals surface area contributed by atoms with Gasteiger partial charge < -0.3 is 5.32 Å². The number of nitrogens with zero attached hydrogens (tertiary/aromatic N) is 2. The minimum Gasteiger partial charge on any atom is -0.352 e. The summed E-state index contributed by atoms with van der Waals surface area (Å²) in [7, 11) is 0. The highest BCUT2D eigenvalue weighted by Crippen LogP contribution is 2.28. The highest BCUT2D eigenvalue weighted by Gasteiger charge is 2.28. The van der Waals surface area contributed by atoms with Crippen LogP contribution in [0, 0.1) is 0 Å². The maximum absolute atomic E-state index is 13.6. The van der Waals surface area contributed by atoms with Gasteiger partial charge in [-0.2, -0.15) is 0 Å². The SMILES string of the molecule is CCCNC(=O)c1ccc(N(O)C(CN2CCC(F)C2)c2ccccc2)cc1. The first-order chi connectivity index (χ1) is 13.6. The van der Waals surface area contributed by atoms with E-state index in [0.717, 1.165) is 12.0 Å². The molecule has 0 saturated carbocycles. The average molecular weight is 385 g/mol. The van der Waals surface area contributed by atoms with E-state index < -0.39 is 6.17 Å². The molecule has 0 radical (unpaired) electrons. The summed E-state index contributed by atoms with van der Waals surface area (Å²) in [4.78, 5) is 14.1. The summed E-state index contributed by atoms with van der Waals surface area (Å²) in [6, 6.07) is 16.3. The summed E-state index contributed by atoms with van der Waals surface area (Å²) in [5.41, 5.74) is 2.11. The molecule has 1 amide bonds. The third-order valence-electron chi connectivity index (χ3n) is 5.06. The largest absolute Gasteiger partial charge is 0.352 e. The zero-order valence-electron chi connectivity index (χ0n) is 16.2. The molecular weight excluding hydrogens is 357 g/mol. The predicted octanol–water partition coefficient (Wildman–Crippen LogP) is 3.81. The smallest absolute Gasteiger partial charge is 0.251 e. The molecule has 1 saturated heterocycles. The van der Waals surface area contributed by atoms with Crippen LogP contribution in [0.3, 0.4) is 0 Å². The quantitative estimate of drug-likeness (QED) is 0.679. The number of carbonyl (C=O) groups is 1. The number of hydroxylamine groups is 1. The molecule has 28 heavy (non-hydrogen) atoms. The number of benzene rings is 2. The van der Waals surface area contributed by atoms with Crippen LogP contribution >= 0.6 is 0 Å². The van der Waals surface area contributed by atoms with E-state index in [9.17, 15) is 14.4 Å². The van der Waals surface area contributed by atoms with Crippen molar-refractivity contribution in [2.24, 2.45) is 0 Å². The second kappa shape index (κ2) is 9.66. The van der Waals surface area contributed by atoms with Crippen LogP contribution in [0.4, 0.5) is 10.1 Å². The van der Waals surface area contributed by atoms with Crippen molar-refractivity contribution < 1.29 is 14.4 Å². The lowest BCUT2D eigenvalue weighted by Gasteiger charge is -2.31. The Balaban J connectivity index is 1.76. The van der Waals surface area contributed by atoms with Crippen molar-refractivity contribution in [3.63, 3.8) is 0 Å². The molecule has 1 heterocycles. The molecule has 6 heteroatoms. The normalized spacial score (nSPS) is 18.0. The average Bonchev–Trinajstić information content (AvgIpc) is 3.15. The maximum Gasteiger partial charge on any atom is 0.251 e. The van der Waals surface area contributed by atoms with Crippen molar-refractivity contribution in [3.8, 4) is 0 Å². The number of rotatable bonds is 8.